The minimum atomic E-state index is -1.12. The Morgan fingerprint density at radius 2 is 1.86 bits per heavy atom. The first kappa shape index (κ1) is 17.6. The number of carboxylic acids is 1. The molecule has 2 fully saturated rings. The maximum absolute atomic E-state index is 13.0. The molecule has 2 N–H and O–H groups in total. The van der Waals surface area contributed by atoms with E-state index in [2.05, 4.69) is 10.3 Å². The highest BCUT2D eigenvalue weighted by atomic mass is 16.4. The molecule has 2 amide bonds. The number of nitrogens with one attached hydrogen (secondary N) is 1. The highest BCUT2D eigenvalue weighted by molar-refractivity contribution is 6.23. The lowest BCUT2D eigenvalue weighted by atomic mass is 9.85. The number of benzene rings is 1. The minimum absolute atomic E-state index is 0.0187. The normalized spacial score (nSPS) is 26.8. The van der Waals surface area contributed by atoms with Crippen LogP contribution < -0.4 is 10.2 Å². The van der Waals surface area contributed by atoms with Gasteiger partial charge < -0.3 is 10.4 Å². The molecule has 2 aromatic rings. The SMILES string of the molecule is O=C(O)c1cc(N2C(=O)[C@@H]3[C@@H](C2=O)[C@H]2C=C[C@H]3C2)ccc1NCc1cccnc1. The molecule has 0 spiro atoms. The summed E-state index contributed by atoms with van der Waals surface area (Å²) in [6, 6.07) is 8.33. The van der Waals surface area contributed by atoms with E-state index in [1.54, 1.807) is 24.5 Å². The summed E-state index contributed by atoms with van der Waals surface area (Å²) in [7, 11) is 0. The summed E-state index contributed by atoms with van der Waals surface area (Å²) in [6.07, 6.45) is 8.30. The van der Waals surface area contributed by atoms with Gasteiger partial charge in [0.25, 0.3) is 0 Å². The number of amides is 2. The number of nitrogens with zero attached hydrogens (tertiary/aromatic N) is 2. The van der Waals surface area contributed by atoms with Crippen molar-refractivity contribution in [2.24, 2.45) is 23.7 Å². The molecule has 5 rings (SSSR count). The number of carboxylic acid groups (broad SMARTS) is 1. The van der Waals surface area contributed by atoms with Crippen LogP contribution in [0.5, 0.6) is 0 Å². The number of anilines is 2. The number of pyridine rings is 1. The largest absolute Gasteiger partial charge is 0.478 e. The van der Waals surface area contributed by atoms with E-state index in [1.165, 1.54) is 11.0 Å². The molecule has 1 saturated carbocycles. The van der Waals surface area contributed by atoms with Crippen LogP contribution >= 0.6 is 0 Å². The molecule has 1 aliphatic heterocycles. The number of hydrogen-bond donors (Lipinski definition) is 2. The van der Waals surface area contributed by atoms with Crippen molar-refractivity contribution in [2.75, 3.05) is 10.2 Å². The monoisotopic (exact) mass is 389 g/mol. The van der Waals surface area contributed by atoms with Gasteiger partial charge in [-0.25, -0.2) is 9.69 Å². The molecule has 2 aliphatic carbocycles. The van der Waals surface area contributed by atoms with Crippen LogP contribution in [0.1, 0.15) is 22.3 Å². The van der Waals surface area contributed by atoms with E-state index in [1.807, 2.05) is 24.3 Å². The highest BCUT2D eigenvalue weighted by Gasteiger charge is 2.59. The van der Waals surface area contributed by atoms with Crippen LogP contribution in [0, 0.1) is 23.7 Å². The minimum Gasteiger partial charge on any atom is -0.478 e. The Bertz CT molecular complexity index is 1020. The fourth-order valence-corrected chi connectivity index (χ4v) is 4.86. The second kappa shape index (κ2) is 6.55. The fourth-order valence-electron chi connectivity index (χ4n) is 4.86. The van der Waals surface area contributed by atoms with E-state index in [9.17, 15) is 19.5 Å². The lowest BCUT2D eigenvalue weighted by Crippen LogP contribution is -2.33. The van der Waals surface area contributed by atoms with Gasteiger partial charge in [-0.1, -0.05) is 18.2 Å². The summed E-state index contributed by atoms with van der Waals surface area (Å²) in [4.78, 5) is 43.0. The van der Waals surface area contributed by atoms with Gasteiger partial charge in [0.1, 0.15) is 0 Å². The van der Waals surface area contributed by atoms with Crippen LogP contribution in [-0.4, -0.2) is 27.9 Å². The summed E-state index contributed by atoms with van der Waals surface area (Å²) < 4.78 is 0. The van der Waals surface area contributed by atoms with Crippen LogP contribution in [0.2, 0.25) is 0 Å². The Kier molecular flexibility index (Phi) is 3.97. The first-order valence-electron chi connectivity index (χ1n) is 9.61. The zero-order valence-electron chi connectivity index (χ0n) is 15.5. The first-order valence-corrected chi connectivity index (χ1v) is 9.61. The lowest BCUT2D eigenvalue weighted by Gasteiger charge is -2.19. The van der Waals surface area contributed by atoms with Crippen molar-refractivity contribution in [1.82, 2.24) is 4.98 Å². The average molecular weight is 389 g/mol. The molecular formula is C22H19N3O4. The predicted octanol–water partition coefficient (Wildman–Crippen LogP) is 2.70. The summed E-state index contributed by atoms with van der Waals surface area (Å²) in [5.74, 6) is -1.95. The standard InChI is InChI=1S/C22H19N3O4/c26-20-18-13-3-4-14(8-13)19(18)21(27)25(20)15-5-6-17(16(9-15)22(28)29)24-11-12-2-1-7-23-10-12/h1-7,9-10,13-14,18-19,24H,8,11H2,(H,28,29)/t13-,14-,18-,19-/m0/s1. The van der Waals surface area contributed by atoms with Crippen molar-refractivity contribution in [3.63, 3.8) is 0 Å². The van der Waals surface area contributed by atoms with Gasteiger partial charge in [0.15, 0.2) is 0 Å². The Morgan fingerprint density at radius 3 is 2.48 bits per heavy atom. The van der Waals surface area contributed by atoms with Crippen molar-refractivity contribution >= 4 is 29.2 Å². The van der Waals surface area contributed by atoms with Crippen LogP contribution in [0.15, 0.2) is 54.9 Å². The quantitative estimate of drug-likeness (QED) is 0.603. The number of fused-ring (bicyclic) bond motifs is 5. The third kappa shape index (κ3) is 2.73. The molecule has 7 heteroatoms. The lowest BCUT2D eigenvalue weighted by molar-refractivity contribution is -0.123. The summed E-state index contributed by atoms with van der Waals surface area (Å²) in [6.45, 7) is 0.411. The van der Waals surface area contributed by atoms with Gasteiger partial charge >= 0.3 is 5.97 Å². The molecule has 1 aromatic heterocycles. The summed E-state index contributed by atoms with van der Waals surface area (Å²) in [5, 5.41) is 12.8. The van der Waals surface area contributed by atoms with E-state index in [0.717, 1.165) is 12.0 Å². The molecule has 0 radical (unpaired) electrons. The number of imide groups is 1. The molecule has 146 valence electrons. The topological polar surface area (TPSA) is 99.6 Å². The maximum atomic E-state index is 13.0. The smallest absolute Gasteiger partial charge is 0.337 e. The second-order valence-corrected chi connectivity index (χ2v) is 7.76. The molecule has 7 nitrogen and oxygen atoms in total. The Hall–Kier alpha value is -3.48. The van der Waals surface area contributed by atoms with Crippen LogP contribution in [0.4, 0.5) is 11.4 Å². The van der Waals surface area contributed by atoms with Crippen molar-refractivity contribution in [3.8, 4) is 0 Å². The zero-order chi connectivity index (χ0) is 20.1. The molecule has 3 aliphatic rings. The molecule has 2 heterocycles. The number of carbonyl (C=O) groups is 3. The van der Waals surface area contributed by atoms with Gasteiger partial charge in [-0.15, -0.1) is 0 Å². The molecule has 29 heavy (non-hydrogen) atoms. The number of hydrogen-bond acceptors (Lipinski definition) is 5. The molecule has 2 bridgehead atoms. The van der Waals surface area contributed by atoms with E-state index in [-0.39, 0.29) is 41.0 Å². The summed E-state index contributed by atoms with van der Waals surface area (Å²) in [5.41, 5.74) is 1.67. The third-order valence-corrected chi connectivity index (χ3v) is 6.17. The van der Waals surface area contributed by atoms with E-state index < -0.39 is 5.97 Å². The zero-order valence-corrected chi connectivity index (χ0v) is 15.5. The first-order chi connectivity index (χ1) is 14.0. The third-order valence-electron chi connectivity index (χ3n) is 6.17. The highest BCUT2D eigenvalue weighted by Crippen LogP contribution is 2.53. The van der Waals surface area contributed by atoms with Gasteiger partial charge in [-0.2, -0.15) is 0 Å². The molecule has 4 atom stereocenters. The number of allylic oxidation sites excluding steroid dienone is 2. The van der Waals surface area contributed by atoms with Crippen molar-refractivity contribution in [3.05, 3.63) is 66.0 Å². The van der Waals surface area contributed by atoms with Crippen LogP contribution in [0.3, 0.4) is 0 Å². The van der Waals surface area contributed by atoms with Gasteiger partial charge in [0, 0.05) is 24.6 Å². The fraction of sp³-hybridized carbons (Fsp3) is 0.273. The second-order valence-electron chi connectivity index (χ2n) is 7.76. The van der Waals surface area contributed by atoms with Gasteiger partial charge in [-0.05, 0) is 48.1 Å². The number of carbonyl (C=O) groups excluding carboxylic acids is 2. The van der Waals surface area contributed by atoms with E-state index in [0.29, 0.717) is 17.9 Å². The maximum Gasteiger partial charge on any atom is 0.337 e. The van der Waals surface area contributed by atoms with Crippen molar-refractivity contribution in [2.45, 2.75) is 13.0 Å². The number of rotatable bonds is 5. The average Bonchev–Trinajstić information content (AvgIpc) is 3.41. The molecule has 1 saturated heterocycles. The van der Waals surface area contributed by atoms with Crippen molar-refractivity contribution < 1.29 is 19.5 Å². The van der Waals surface area contributed by atoms with Gasteiger partial charge in [-0.3, -0.25) is 14.6 Å². The van der Waals surface area contributed by atoms with E-state index in [4.69, 9.17) is 0 Å². The molecule has 0 unspecified atom stereocenters. The Morgan fingerprint density at radius 1 is 1.14 bits per heavy atom. The van der Waals surface area contributed by atoms with Crippen molar-refractivity contribution in [1.29, 1.82) is 0 Å². The molecule has 1 aromatic carbocycles. The summed E-state index contributed by atoms with van der Waals surface area (Å²) >= 11 is 0. The van der Waals surface area contributed by atoms with Crippen LogP contribution in [0.25, 0.3) is 0 Å². The number of aromatic nitrogens is 1. The van der Waals surface area contributed by atoms with Crippen LogP contribution in [-0.2, 0) is 16.1 Å². The molecular weight excluding hydrogens is 370 g/mol. The predicted molar refractivity (Wildman–Crippen MR) is 105 cm³/mol. The van der Waals surface area contributed by atoms with Gasteiger partial charge in [0.05, 0.1) is 23.1 Å². The Balaban J connectivity index is 1.43. The Labute approximate surface area is 167 Å². The van der Waals surface area contributed by atoms with Gasteiger partial charge in [0.2, 0.25) is 11.8 Å². The number of aromatic carboxylic acids is 1. The van der Waals surface area contributed by atoms with E-state index >= 15 is 0 Å².